The average molecular weight is 396 g/mol. The maximum atomic E-state index is 12.5. The number of fused-ring (bicyclic) bond motifs is 1. The quantitative estimate of drug-likeness (QED) is 0.429. The maximum Gasteiger partial charge on any atom is 0.401 e. The van der Waals surface area contributed by atoms with Crippen molar-refractivity contribution in [3.8, 4) is 0 Å². The molecule has 6 nitrogen and oxygen atoms in total. The van der Waals surface area contributed by atoms with Gasteiger partial charge < -0.3 is 15.2 Å². The van der Waals surface area contributed by atoms with Crippen LogP contribution in [0.3, 0.4) is 0 Å². The molecule has 154 valence electrons. The highest BCUT2D eigenvalue weighted by atomic mass is 19.4. The zero-order valence-electron chi connectivity index (χ0n) is 16.0. The molecule has 1 aromatic heterocycles. The molecule has 2 aromatic rings. The van der Waals surface area contributed by atoms with Gasteiger partial charge in [0.15, 0.2) is 5.96 Å². The Morgan fingerprint density at radius 2 is 2.14 bits per heavy atom. The molecule has 1 atom stereocenters. The molecule has 1 aliphatic heterocycles. The number of hydrogen-bond donors (Lipinski definition) is 2. The molecule has 1 saturated heterocycles. The first-order chi connectivity index (χ1) is 13.4. The number of nitrogens with zero attached hydrogens (tertiary/aromatic N) is 4. The molecule has 9 heteroatoms. The summed E-state index contributed by atoms with van der Waals surface area (Å²) in [4.78, 5) is 10.4. The van der Waals surface area contributed by atoms with Gasteiger partial charge in [0, 0.05) is 38.8 Å². The van der Waals surface area contributed by atoms with E-state index in [1.807, 2.05) is 37.5 Å². The summed E-state index contributed by atoms with van der Waals surface area (Å²) < 4.78 is 39.7. The third kappa shape index (κ3) is 5.85. The highest BCUT2D eigenvalue weighted by Gasteiger charge is 2.34. The number of guanidine groups is 1. The number of hydrogen-bond acceptors (Lipinski definition) is 3. The molecule has 0 spiro atoms. The van der Waals surface area contributed by atoms with Crippen molar-refractivity contribution in [3.63, 3.8) is 0 Å². The standard InChI is InChI=1S/C19H27F3N6/c1-2-23-18(26-15-8-11-27(12-15)13-19(20,21)22)24-9-5-10-28-14-25-16-6-3-4-7-17(16)28/h3-4,6-7,14-15H,2,5,8-13H2,1H3,(H2,23,24,26). The monoisotopic (exact) mass is 396 g/mol. The van der Waals surface area contributed by atoms with E-state index in [1.54, 1.807) is 0 Å². The third-order valence-electron chi connectivity index (χ3n) is 4.71. The van der Waals surface area contributed by atoms with E-state index < -0.39 is 12.7 Å². The number of rotatable bonds is 7. The molecule has 2 heterocycles. The van der Waals surface area contributed by atoms with Gasteiger partial charge in [0.25, 0.3) is 0 Å². The molecule has 0 radical (unpaired) electrons. The van der Waals surface area contributed by atoms with Crippen molar-refractivity contribution in [2.45, 2.75) is 38.5 Å². The highest BCUT2D eigenvalue weighted by molar-refractivity contribution is 5.80. The van der Waals surface area contributed by atoms with Crippen LogP contribution in [-0.2, 0) is 6.54 Å². The fourth-order valence-electron chi connectivity index (χ4n) is 3.48. The van der Waals surface area contributed by atoms with Crippen LogP contribution in [0.1, 0.15) is 19.8 Å². The van der Waals surface area contributed by atoms with Gasteiger partial charge in [0.2, 0.25) is 0 Å². The normalized spacial score (nSPS) is 18.7. The first-order valence-corrected chi connectivity index (χ1v) is 9.68. The van der Waals surface area contributed by atoms with E-state index in [1.165, 1.54) is 4.90 Å². The zero-order chi connectivity index (χ0) is 20.0. The van der Waals surface area contributed by atoms with Gasteiger partial charge in [0.1, 0.15) is 0 Å². The molecular formula is C19H27F3N6. The predicted octanol–water partition coefficient (Wildman–Crippen LogP) is 2.62. The number of para-hydroxylation sites is 2. The van der Waals surface area contributed by atoms with Crippen LogP contribution in [-0.4, -0.2) is 65.4 Å². The van der Waals surface area contributed by atoms with Gasteiger partial charge >= 0.3 is 6.18 Å². The number of imidazole rings is 1. The molecule has 2 N–H and O–H groups in total. The van der Waals surface area contributed by atoms with Crippen molar-refractivity contribution in [2.24, 2.45) is 4.99 Å². The molecule has 28 heavy (non-hydrogen) atoms. The number of aliphatic imine (C=N–C) groups is 1. The molecule has 1 fully saturated rings. The Labute approximate surface area is 162 Å². The predicted molar refractivity (Wildman–Crippen MR) is 104 cm³/mol. The topological polar surface area (TPSA) is 57.5 Å². The number of benzene rings is 1. The van der Waals surface area contributed by atoms with Crippen molar-refractivity contribution in [2.75, 3.05) is 32.7 Å². The number of aryl methyl sites for hydroxylation is 1. The van der Waals surface area contributed by atoms with Crippen molar-refractivity contribution >= 4 is 17.0 Å². The summed E-state index contributed by atoms with van der Waals surface area (Å²) in [6.07, 6.45) is -0.778. The molecule has 1 aliphatic rings. The molecule has 0 amide bonds. The Morgan fingerprint density at radius 1 is 1.32 bits per heavy atom. The second-order valence-electron chi connectivity index (χ2n) is 7.02. The molecule has 3 rings (SSSR count). The minimum absolute atomic E-state index is 0.0160. The van der Waals surface area contributed by atoms with Gasteiger partial charge in [-0.05, 0) is 31.9 Å². The summed E-state index contributed by atoms with van der Waals surface area (Å²) in [7, 11) is 0. The van der Waals surface area contributed by atoms with Crippen LogP contribution in [0.25, 0.3) is 11.0 Å². The summed E-state index contributed by atoms with van der Waals surface area (Å²) in [5.41, 5.74) is 2.08. The lowest BCUT2D eigenvalue weighted by Gasteiger charge is -2.19. The second kappa shape index (κ2) is 9.27. The SMILES string of the molecule is CCNC(=NCCCn1cnc2ccccc21)NC1CCN(CC(F)(F)F)C1. The van der Waals surface area contributed by atoms with E-state index in [0.717, 1.165) is 24.0 Å². The maximum absolute atomic E-state index is 12.5. The van der Waals surface area contributed by atoms with Crippen molar-refractivity contribution in [3.05, 3.63) is 30.6 Å². The fraction of sp³-hybridized carbons (Fsp3) is 0.579. The highest BCUT2D eigenvalue weighted by Crippen LogP contribution is 2.20. The van der Waals surface area contributed by atoms with Crippen LogP contribution in [0.15, 0.2) is 35.6 Å². The lowest BCUT2D eigenvalue weighted by atomic mass is 10.3. The zero-order valence-corrected chi connectivity index (χ0v) is 16.0. The van der Waals surface area contributed by atoms with Crippen LogP contribution >= 0.6 is 0 Å². The van der Waals surface area contributed by atoms with E-state index in [4.69, 9.17) is 0 Å². The van der Waals surface area contributed by atoms with E-state index in [-0.39, 0.29) is 6.04 Å². The largest absolute Gasteiger partial charge is 0.401 e. The summed E-state index contributed by atoms with van der Waals surface area (Å²) >= 11 is 0. The Hall–Kier alpha value is -2.29. The van der Waals surface area contributed by atoms with Crippen LogP contribution in [0, 0.1) is 0 Å². The third-order valence-corrected chi connectivity index (χ3v) is 4.71. The average Bonchev–Trinajstić information content (AvgIpc) is 3.24. The first-order valence-electron chi connectivity index (χ1n) is 9.68. The van der Waals surface area contributed by atoms with Gasteiger partial charge in [-0.2, -0.15) is 13.2 Å². The van der Waals surface area contributed by atoms with Crippen molar-refractivity contribution in [1.82, 2.24) is 25.1 Å². The number of alkyl halides is 3. The molecular weight excluding hydrogens is 369 g/mol. The molecule has 1 aromatic carbocycles. The fourth-order valence-corrected chi connectivity index (χ4v) is 3.48. The van der Waals surface area contributed by atoms with Gasteiger partial charge in [-0.15, -0.1) is 0 Å². The van der Waals surface area contributed by atoms with E-state index in [9.17, 15) is 13.2 Å². The number of aromatic nitrogens is 2. The van der Waals surface area contributed by atoms with Gasteiger partial charge in [-0.25, -0.2) is 4.98 Å². The Balaban J connectivity index is 1.48. The molecule has 0 aliphatic carbocycles. The Morgan fingerprint density at radius 3 is 2.93 bits per heavy atom. The molecule has 0 bridgehead atoms. The van der Waals surface area contributed by atoms with Crippen molar-refractivity contribution in [1.29, 1.82) is 0 Å². The minimum Gasteiger partial charge on any atom is -0.357 e. The lowest BCUT2D eigenvalue weighted by Crippen LogP contribution is -2.45. The minimum atomic E-state index is -4.15. The van der Waals surface area contributed by atoms with Crippen LogP contribution in [0.2, 0.25) is 0 Å². The lowest BCUT2D eigenvalue weighted by molar-refractivity contribution is -0.143. The Kier molecular flexibility index (Phi) is 6.77. The molecule has 0 saturated carbocycles. The van der Waals surface area contributed by atoms with Crippen LogP contribution < -0.4 is 10.6 Å². The van der Waals surface area contributed by atoms with E-state index >= 15 is 0 Å². The Bertz CT molecular complexity index is 785. The summed E-state index contributed by atoms with van der Waals surface area (Å²) in [6, 6.07) is 7.98. The number of nitrogens with one attached hydrogen (secondary N) is 2. The summed E-state index contributed by atoms with van der Waals surface area (Å²) in [6.45, 7) is 4.09. The van der Waals surface area contributed by atoms with Crippen molar-refractivity contribution < 1.29 is 13.2 Å². The molecule has 1 unspecified atom stereocenters. The first kappa shape index (κ1) is 20.4. The second-order valence-corrected chi connectivity index (χ2v) is 7.02. The summed E-state index contributed by atoms with van der Waals surface area (Å²) in [5, 5.41) is 6.44. The number of likely N-dealkylation sites (tertiary alicyclic amines) is 1. The van der Waals surface area contributed by atoms with Gasteiger partial charge in [-0.3, -0.25) is 9.89 Å². The van der Waals surface area contributed by atoms with Gasteiger partial charge in [0.05, 0.1) is 23.9 Å². The van der Waals surface area contributed by atoms with Crippen LogP contribution in [0.5, 0.6) is 0 Å². The smallest absolute Gasteiger partial charge is 0.357 e. The number of halogens is 3. The van der Waals surface area contributed by atoms with E-state index in [2.05, 4.69) is 25.2 Å². The van der Waals surface area contributed by atoms with E-state index in [0.29, 0.717) is 38.6 Å². The van der Waals surface area contributed by atoms with Crippen LogP contribution in [0.4, 0.5) is 13.2 Å². The van der Waals surface area contributed by atoms with Gasteiger partial charge in [-0.1, -0.05) is 12.1 Å². The summed E-state index contributed by atoms with van der Waals surface area (Å²) in [5.74, 6) is 0.664.